The van der Waals surface area contributed by atoms with E-state index in [1.165, 1.54) is 12.0 Å². The van der Waals surface area contributed by atoms with Crippen molar-refractivity contribution >= 4 is 5.69 Å². The fourth-order valence-corrected chi connectivity index (χ4v) is 2.95. The van der Waals surface area contributed by atoms with Gasteiger partial charge in [0.15, 0.2) is 0 Å². The first-order valence-electron chi connectivity index (χ1n) is 6.97. The Bertz CT molecular complexity index is 602. The zero-order valence-corrected chi connectivity index (χ0v) is 12.0. The number of nitriles is 2. The molecule has 1 aromatic carbocycles. The summed E-state index contributed by atoms with van der Waals surface area (Å²) >= 11 is 0. The highest BCUT2D eigenvalue weighted by atomic mass is 14.9. The number of rotatable bonds is 3. The van der Waals surface area contributed by atoms with E-state index in [2.05, 4.69) is 31.3 Å². The van der Waals surface area contributed by atoms with Crippen LogP contribution < -0.4 is 5.32 Å². The first kappa shape index (κ1) is 14.2. The fourth-order valence-electron chi connectivity index (χ4n) is 2.95. The van der Waals surface area contributed by atoms with Crippen LogP contribution in [0.15, 0.2) is 29.8 Å². The smallest absolute Gasteiger partial charge is 0.101 e. The highest BCUT2D eigenvalue weighted by molar-refractivity contribution is 5.56. The summed E-state index contributed by atoms with van der Waals surface area (Å²) in [5.74, 6) is 1.28. The lowest BCUT2D eigenvalue weighted by Gasteiger charge is -2.26. The standard InChI is InChI=1S/C17H19N3/c1-12-5-13(2)7-14(6-12)11-20-17-4-3-15(9-18)16(8-17)10-19/h3-5,8,12,14,20H,6-7,11H2,1-2H3. The molecule has 1 aromatic rings. The van der Waals surface area contributed by atoms with E-state index >= 15 is 0 Å². The number of hydrogen-bond donors (Lipinski definition) is 1. The van der Waals surface area contributed by atoms with Crippen LogP contribution in [0.1, 0.15) is 37.8 Å². The molecular weight excluding hydrogens is 246 g/mol. The molecule has 2 atom stereocenters. The molecule has 20 heavy (non-hydrogen) atoms. The van der Waals surface area contributed by atoms with E-state index in [1.54, 1.807) is 12.1 Å². The predicted octanol–water partition coefficient (Wildman–Crippen LogP) is 3.83. The Hall–Kier alpha value is -2.26. The van der Waals surface area contributed by atoms with Gasteiger partial charge in [-0.05, 0) is 49.8 Å². The average molecular weight is 265 g/mol. The molecule has 3 heteroatoms. The van der Waals surface area contributed by atoms with Gasteiger partial charge < -0.3 is 5.32 Å². The van der Waals surface area contributed by atoms with E-state index in [-0.39, 0.29) is 0 Å². The zero-order chi connectivity index (χ0) is 14.5. The van der Waals surface area contributed by atoms with Crippen molar-refractivity contribution in [1.29, 1.82) is 10.5 Å². The first-order valence-corrected chi connectivity index (χ1v) is 6.97. The number of benzene rings is 1. The molecule has 0 fully saturated rings. The Morgan fingerprint density at radius 3 is 2.65 bits per heavy atom. The third-order valence-corrected chi connectivity index (χ3v) is 3.74. The molecule has 0 amide bonds. The van der Waals surface area contributed by atoms with Gasteiger partial charge in [0.1, 0.15) is 12.1 Å². The molecule has 1 aliphatic rings. The van der Waals surface area contributed by atoms with E-state index in [1.807, 2.05) is 12.1 Å². The van der Waals surface area contributed by atoms with Crippen molar-refractivity contribution in [1.82, 2.24) is 0 Å². The van der Waals surface area contributed by atoms with Gasteiger partial charge in [-0.2, -0.15) is 10.5 Å². The Balaban J connectivity index is 2.00. The SMILES string of the molecule is CC1=CC(C)CC(CNc2ccc(C#N)c(C#N)c2)C1. The average Bonchev–Trinajstić information content (AvgIpc) is 2.43. The van der Waals surface area contributed by atoms with Crippen LogP contribution in [-0.4, -0.2) is 6.54 Å². The Labute approximate surface area is 120 Å². The highest BCUT2D eigenvalue weighted by Gasteiger charge is 2.17. The molecule has 0 aliphatic heterocycles. The van der Waals surface area contributed by atoms with Gasteiger partial charge in [-0.15, -0.1) is 0 Å². The van der Waals surface area contributed by atoms with Gasteiger partial charge in [-0.25, -0.2) is 0 Å². The Morgan fingerprint density at radius 1 is 1.25 bits per heavy atom. The summed E-state index contributed by atoms with van der Waals surface area (Å²) in [5, 5.41) is 21.3. The van der Waals surface area contributed by atoms with E-state index in [0.717, 1.165) is 18.7 Å². The largest absolute Gasteiger partial charge is 0.385 e. The molecule has 0 spiro atoms. The first-order chi connectivity index (χ1) is 9.62. The summed E-state index contributed by atoms with van der Waals surface area (Å²) in [6, 6.07) is 9.43. The van der Waals surface area contributed by atoms with Crippen molar-refractivity contribution in [3.05, 3.63) is 41.0 Å². The molecule has 2 rings (SSSR count). The van der Waals surface area contributed by atoms with Gasteiger partial charge in [0.05, 0.1) is 11.1 Å². The van der Waals surface area contributed by atoms with Crippen LogP contribution in [0.2, 0.25) is 0 Å². The molecule has 102 valence electrons. The maximum atomic E-state index is 9.02. The van der Waals surface area contributed by atoms with Gasteiger partial charge in [-0.1, -0.05) is 18.6 Å². The maximum Gasteiger partial charge on any atom is 0.101 e. The third-order valence-electron chi connectivity index (χ3n) is 3.74. The van der Waals surface area contributed by atoms with E-state index in [9.17, 15) is 0 Å². The van der Waals surface area contributed by atoms with Crippen LogP contribution in [0.25, 0.3) is 0 Å². The molecule has 3 nitrogen and oxygen atoms in total. The molecular formula is C17H19N3. The van der Waals surface area contributed by atoms with Crippen molar-refractivity contribution in [2.75, 3.05) is 11.9 Å². The van der Waals surface area contributed by atoms with Crippen LogP contribution in [0.5, 0.6) is 0 Å². The summed E-state index contributed by atoms with van der Waals surface area (Å²) in [6.45, 7) is 5.36. The quantitative estimate of drug-likeness (QED) is 0.845. The van der Waals surface area contributed by atoms with Gasteiger partial charge >= 0.3 is 0 Å². The second-order valence-corrected chi connectivity index (χ2v) is 5.66. The van der Waals surface area contributed by atoms with Crippen LogP contribution in [-0.2, 0) is 0 Å². The summed E-state index contributed by atoms with van der Waals surface area (Å²) in [5.41, 5.74) is 3.25. The molecule has 0 heterocycles. The molecule has 0 saturated carbocycles. The van der Waals surface area contributed by atoms with Gasteiger partial charge in [-0.3, -0.25) is 0 Å². The van der Waals surface area contributed by atoms with E-state index in [0.29, 0.717) is 23.0 Å². The minimum absolute atomic E-state index is 0.433. The van der Waals surface area contributed by atoms with Crippen molar-refractivity contribution in [2.24, 2.45) is 11.8 Å². The van der Waals surface area contributed by atoms with Crippen LogP contribution in [0.4, 0.5) is 5.69 Å². The van der Waals surface area contributed by atoms with E-state index in [4.69, 9.17) is 10.5 Å². The van der Waals surface area contributed by atoms with Crippen LogP contribution >= 0.6 is 0 Å². The topological polar surface area (TPSA) is 59.6 Å². The second-order valence-electron chi connectivity index (χ2n) is 5.66. The van der Waals surface area contributed by atoms with Crippen molar-refractivity contribution < 1.29 is 0 Å². The highest BCUT2D eigenvalue weighted by Crippen LogP contribution is 2.28. The maximum absolute atomic E-state index is 9.02. The van der Waals surface area contributed by atoms with Crippen LogP contribution in [0.3, 0.4) is 0 Å². The lowest BCUT2D eigenvalue weighted by molar-refractivity contribution is 0.421. The fraction of sp³-hybridized carbons (Fsp3) is 0.412. The molecule has 0 aromatic heterocycles. The minimum Gasteiger partial charge on any atom is -0.385 e. The lowest BCUT2D eigenvalue weighted by atomic mass is 9.83. The zero-order valence-electron chi connectivity index (χ0n) is 12.0. The summed E-state index contributed by atoms with van der Waals surface area (Å²) < 4.78 is 0. The predicted molar refractivity (Wildman–Crippen MR) is 80.0 cm³/mol. The van der Waals surface area contributed by atoms with Gasteiger partial charge in [0.25, 0.3) is 0 Å². The van der Waals surface area contributed by atoms with Gasteiger partial charge in [0, 0.05) is 12.2 Å². The van der Waals surface area contributed by atoms with E-state index < -0.39 is 0 Å². The molecule has 0 saturated heterocycles. The Kier molecular flexibility index (Phi) is 4.43. The molecule has 0 radical (unpaired) electrons. The molecule has 0 bridgehead atoms. The number of allylic oxidation sites excluding steroid dienone is 2. The normalized spacial score (nSPS) is 21.5. The minimum atomic E-state index is 0.433. The Morgan fingerprint density at radius 2 is 2.00 bits per heavy atom. The number of nitrogens with zero attached hydrogens (tertiary/aromatic N) is 2. The molecule has 1 aliphatic carbocycles. The van der Waals surface area contributed by atoms with Crippen molar-refractivity contribution in [3.63, 3.8) is 0 Å². The summed E-state index contributed by atoms with van der Waals surface area (Å²) in [6.07, 6.45) is 4.69. The second kappa shape index (κ2) is 6.26. The van der Waals surface area contributed by atoms with Gasteiger partial charge in [0.2, 0.25) is 0 Å². The molecule has 1 N–H and O–H groups in total. The van der Waals surface area contributed by atoms with Crippen molar-refractivity contribution in [2.45, 2.75) is 26.7 Å². The number of hydrogen-bond acceptors (Lipinski definition) is 3. The summed E-state index contributed by atoms with van der Waals surface area (Å²) in [4.78, 5) is 0. The number of nitrogens with one attached hydrogen (secondary N) is 1. The summed E-state index contributed by atoms with van der Waals surface area (Å²) in [7, 11) is 0. The monoisotopic (exact) mass is 265 g/mol. The van der Waals surface area contributed by atoms with Crippen molar-refractivity contribution in [3.8, 4) is 12.1 Å². The number of anilines is 1. The third kappa shape index (κ3) is 3.39. The van der Waals surface area contributed by atoms with Crippen LogP contribution in [0, 0.1) is 34.5 Å². The molecule has 2 unspecified atom stereocenters. The lowest BCUT2D eigenvalue weighted by Crippen LogP contribution is -2.20.